The Hall–Kier alpha value is -4.67. The van der Waals surface area contributed by atoms with E-state index in [2.05, 4.69) is 16.6 Å². The summed E-state index contributed by atoms with van der Waals surface area (Å²) in [6.07, 6.45) is 1.82. The van der Waals surface area contributed by atoms with Crippen molar-refractivity contribution in [1.82, 2.24) is 10.2 Å². The van der Waals surface area contributed by atoms with Gasteiger partial charge >= 0.3 is 0 Å². The lowest BCUT2D eigenvalue weighted by molar-refractivity contribution is -0.142. The quantitative estimate of drug-likeness (QED) is 0.176. The predicted octanol–water partition coefficient (Wildman–Crippen LogP) is 5.60. The number of benzene rings is 4. The number of ether oxygens (including phenoxy) is 1. The van der Waals surface area contributed by atoms with Crippen LogP contribution in [0.25, 0.3) is 0 Å². The number of anilines is 1. The van der Waals surface area contributed by atoms with Crippen LogP contribution in [0.2, 0.25) is 5.02 Å². The van der Waals surface area contributed by atoms with Crippen LogP contribution in [0.5, 0.6) is 5.75 Å². The minimum atomic E-state index is -3.95. The van der Waals surface area contributed by atoms with Crippen molar-refractivity contribution in [3.8, 4) is 5.75 Å². The summed E-state index contributed by atoms with van der Waals surface area (Å²) in [7, 11) is -3.95. The molecule has 228 valence electrons. The van der Waals surface area contributed by atoms with Crippen LogP contribution in [0.4, 0.5) is 10.1 Å². The first kappa shape index (κ1) is 32.2. The van der Waals surface area contributed by atoms with E-state index < -0.39 is 34.4 Å². The number of sulfonamides is 1. The average molecular weight is 636 g/mol. The number of carbonyl (C=O) groups excluding carboxylic acids is 2. The van der Waals surface area contributed by atoms with Gasteiger partial charge in [0.1, 0.15) is 17.6 Å². The van der Waals surface area contributed by atoms with E-state index in [1.807, 2.05) is 30.3 Å². The van der Waals surface area contributed by atoms with Gasteiger partial charge in [0.2, 0.25) is 5.91 Å². The number of amides is 2. The molecule has 0 bridgehead atoms. The number of halogens is 2. The summed E-state index contributed by atoms with van der Waals surface area (Å²) in [5.74, 6) is -1.04. The van der Waals surface area contributed by atoms with Crippen LogP contribution in [0.15, 0.2) is 121 Å². The minimum absolute atomic E-state index is 0.0494. The van der Waals surface area contributed by atoms with Gasteiger partial charge in [0, 0.05) is 30.2 Å². The van der Waals surface area contributed by atoms with E-state index in [-0.39, 0.29) is 41.7 Å². The van der Waals surface area contributed by atoms with Gasteiger partial charge in [0.15, 0.2) is 6.61 Å². The van der Waals surface area contributed by atoms with Gasteiger partial charge in [-0.25, -0.2) is 12.8 Å². The molecule has 0 saturated heterocycles. The lowest BCUT2D eigenvalue weighted by atomic mass is 10.0. The molecule has 0 aliphatic carbocycles. The molecule has 4 aromatic carbocycles. The van der Waals surface area contributed by atoms with Crippen LogP contribution in [0.3, 0.4) is 0 Å². The van der Waals surface area contributed by atoms with Gasteiger partial charge in [0.25, 0.3) is 15.9 Å². The molecule has 8 nitrogen and oxygen atoms in total. The summed E-state index contributed by atoms with van der Waals surface area (Å²) in [6.45, 7) is 3.59. The first-order valence-electron chi connectivity index (χ1n) is 13.6. The maximum Gasteiger partial charge on any atom is 0.261 e. The molecule has 4 rings (SSSR count). The Kier molecular flexibility index (Phi) is 11.1. The van der Waals surface area contributed by atoms with Gasteiger partial charge in [-0.15, -0.1) is 6.58 Å². The molecule has 0 spiro atoms. The Balaban J connectivity index is 1.52. The first-order chi connectivity index (χ1) is 21.1. The van der Waals surface area contributed by atoms with Crippen LogP contribution < -0.4 is 14.8 Å². The maximum absolute atomic E-state index is 13.7. The molecule has 44 heavy (non-hydrogen) atoms. The third-order valence-corrected chi connectivity index (χ3v) is 8.20. The van der Waals surface area contributed by atoms with Gasteiger partial charge in [-0.1, -0.05) is 60.1 Å². The number of carbonyl (C=O) groups is 2. The van der Waals surface area contributed by atoms with E-state index in [0.717, 1.165) is 23.3 Å². The number of nitrogens with zero attached hydrogens (tertiary/aromatic N) is 1. The number of nitrogens with one attached hydrogen (secondary N) is 2. The summed E-state index contributed by atoms with van der Waals surface area (Å²) in [5, 5.41) is 3.34. The molecular weight excluding hydrogens is 605 g/mol. The Morgan fingerprint density at radius 2 is 1.57 bits per heavy atom. The molecular formula is C33H31ClFN3O5S. The lowest BCUT2D eigenvalue weighted by Crippen LogP contribution is -2.51. The van der Waals surface area contributed by atoms with E-state index in [4.69, 9.17) is 16.3 Å². The zero-order valence-electron chi connectivity index (χ0n) is 23.7. The van der Waals surface area contributed by atoms with E-state index in [1.54, 1.807) is 30.3 Å². The largest absolute Gasteiger partial charge is 0.484 e. The molecule has 0 unspecified atom stereocenters. The summed E-state index contributed by atoms with van der Waals surface area (Å²) in [4.78, 5) is 28.5. The number of hydrogen-bond donors (Lipinski definition) is 2. The second-order valence-corrected chi connectivity index (χ2v) is 11.9. The van der Waals surface area contributed by atoms with E-state index in [0.29, 0.717) is 5.02 Å². The molecule has 11 heteroatoms. The smallest absolute Gasteiger partial charge is 0.261 e. The standard InChI is InChI=1S/C33H31ClFN3O5S/c1-2-20-36-33(40)31(21-24-6-4-3-5-7-24)38(22-25-8-10-26(34)11-9-25)32(39)23-43-29-16-18-30(19-17-29)44(41,42)37-28-14-12-27(35)13-15-28/h2-19,31,37H,1,20-23H2,(H,36,40)/t31-/m0/s1. The molecule has 0 fully saturated rings. The molecule has 4 aromatic rings. The van der Waals surface area contributed by atoms with Crippen molar-refractivity contribution < 1.29 is 27.1 Å². The highest BCUT2D eigenvalue weighted by molar-refractivity contribution is 7.92. The SMILES string of the molecule is C=CCNC(=O)[C@H](Cc1ccccc1)N(Cc1ccc(Cl)cc1)C(=O)COc1ccc(S(=O)(=O)Nc2ccc(F)cc2)cc1. The van der Waals surface area contributed by atoms with Crippen molar-refractivity contribution in [3.63, 3.8) is 0 Å². The zero-order chi connectivity index (χ0) is 31.5. The van der Waals surface area contributed by atoms with Crippen LogP contribution in [0.1, 0.15) is 11.1 Å². The lowest BCUT2D eigenvalue weighted by Gasteiger charge is -2.31. The highest BCUT2D eigenvalue weighted by Crippen LogP contribution is 2.21. The molecule has 0 radical (unpaired) electrons. The summed E-state index contributed by atoms with van der Waals surface area (Å²) >= 11 is 6.06. The fraction of sp³-hybridized carbons (Fsp3) is 0.152. The molecule has 1 atom stereocenters. The van der Waals surface area contributed by atoms with Crippen molar-refractivity contribution in [3.05, 3.63) is 138 Å². The van der Waals surface area contributed by atoms with Crippen molar-refractivity contribution in [2.45, 2.75) is 23.9 Å². The predicted molar refractivity (Wildman–Crippen MR) is 168 cm³/mol. The van der Waals surface area contributed by atoms with Crippen molar-refractivity contribution in [2.24, 2.45) is 0 Å². The Bertz CT molecular complexity index is 1670. The van der Waals surface area contributed by atoms with Gasteiger partial charge < -0.3 is 15.0 Å². The fourth-order valence-corrected chi connectivity index (χ4v) is 5.49. The normalized spacial score (nSPS) is 11.7. The summed E-state index contributed by atoms with van der Waals surface area (Å²) in [6, 6.07) is 25.9. The van der Waals surface area contributed by atoms with Gasteiger partial charge in [-0.2, -0.15) is 0 Å². The second-order valence-electron chi connectivity index (χ2n) is 9.76. The molecule has 0 aliphatic heterocycles. The van der Waals surface area contributed by atoms with Gasteiger partial charge in [-0.3, -0.25) is 14.3 Å². The molecule has 2 N–H and O–H groups in total. The summed E-state index contributed by atoms with van der Waals surface area (Å²) in [5.41, 5.74) is 1.84. The first-order valence-corrected chi connectivity index (χ1v) is 15.5. The van der Waals surface area contributed by atoms with Crippen LogP contribution >= 0.6 is 11.6 Å². The molecule has 0 aromatic heterocycles. The molecule has 0 saturated carbocycles. The monoisotopic (exact) mass is 635 g/mol. The van der Waals surface area contributed by atoms with Crippen molar-refractivity contribution in [1.29, 1.82) is 0 Å². The van der Waals surface area contributed by atoms with Gasteiger partial charge in [0.05, 0.1) is 4.90 Å². The highest BCUT2D eigenvalue weighted by atomic mass is 35.5. The summed E-state index contributed by atoms with van der Waals surface area (Å²) < 4.78 is 46.8. The van der Waals surface area contributed by atoms with Gasteiger partial charge in [-0.05, 0) is 71.8 Å². The van der Waals surface area contributed by atoms with Crippen LogP contribution in [-0.2, 0) is 32.6 Å². The maximum atomic E-state index is 13.7. The van der Waals surface area contributed by atoms with Crippen LogP contribution in [-0.4, -0.2) is 44.3 Å². The third-order valence-electron chi connectivity index (χ3n) is 6.55. The highest BCUT2D eigenvalue weighted by Gasteiger charge is 2.30. The topological polar surface area (TPSA) is 105 Å². The second kappa shape index (κ2) is 15.2. The fourth-order valence-electron chi connectivity index (χ4n) is 4.31. The zero-order valence-corrected chi connectivity index (χ0v) is 25.2. The van der Waals surface area contributed by atoms with E-state index >= 15 is 0 Å². The molecule has 0 aliphatic rings. The van der Waals surface area contributed by atoms with Crippen molar-refractivity contribution >= 4 is 39.1 Å². The Labute approximate surface area is 261 Å². The van der Waals surface area contributed by atoms with Crippen LogP contribution in [0, 0.1) is 5.82 Å². The molecule has 0 heterocycles. The van der Waals surface area contributed by atoms with Crippen molar-refractivity contribution in [2.75, 3.05) is 17.9 Å². The number of rotatable bonds is 14. The Morgan fingerprint density at radius 1 is 0.909 bits per heavy atom. The third kappa shape index (κ3) is 9.16. The minimum Gasteiger partial charge on any atom is -0.484 e. The number of hydrogen-bond acceptors (Lipinski definition) is 5. The Morgan fingerprint density at radius 3 is 2.20 bits per heavy atom. The van der Waals surface area contributed by atoms with E-state index in [1.165, 1.54) is 41.3 Å². The average Bonchev–Trinajstić information content (AvgIpc) is 3.03. The molecule has 2 amide bonds. The van der Waals surface area contributed by atoms with E-state index in [9.17, 15) is 22.4 Å².